The lowest BCUT2D eigenvalue weighted by molar-refractivity contribution is 0.0638. The van der Waals surface area contributed by atoms with Crippen molar-refractivity contribution < 1.29 is 13.5 Å². The number of nitrogens with zero attached hydrogens (tertiary/aromatic N) is 2. The summed E-state index contributed by atoms with van der Waals surface area (Å²) in [5.74, 6) is 0. The number of nitrogens with two attached hydrogens (primary N) is 1. The van der Waals surface area contributed by atoms with E-state index in [9.17, 15) is 13.5 Å². The molecule has 0 radical (unpaired) electrons. The van der Waals surface area contributed by atoms with E-state index < -0.39 is 22.2 Å². The molecule has 1 saturated carbocycles. The number of rotatable bonds is 3. The van der Waals surface area contributed by atoms with E-state index in [4.69, 9.17) is 5.73 Å². The third kappa shape index (κ3) is 2.72. The molecule has 3 N–H and O–H groups in total. The van der Waals surface area contributed by atoms with E-state index in [1.54, 1.807) is 0 Å². The number of nitrogen functional groups attached to an aromatic ring is 1. The van der Waals surface area contributed by atoms with Crippen molar-refractivity contribution in [2.75, 3.05) is 12.8 Å². The van der Waals surface area contributed by atoms with Gasteiger partial charge in [0.25, 0.3) is 0 Å². The molecule has 0 spiro atoms. The number of hydrogen-bond donors (Lipinski definition) is 2. The highest BCUT2D eigenvalue weighted by molar-refractivity contribution is 7.89. The summed E-state index contributed by atoms with van der Waals surface area (Å²) < 4.78 is 26.2. The monoisotopic (exact) mass is 285 g/mol. The molecule has 19 heavy (non-hydrogen) atoms. The molecule has 2 rings (SSSR count). The van der Waals surface area contributed by atoms with Crippen molar-refractivity contribution >= 4 is 15.7 Å². The van der Waals surface area contributed by atoms with Crippen molar-refractivity contribution in [3.05, 3.63) is 18.5 Å². The average Bonchev–Trinajstić information content (AvgIpc) is 2.39. The van der Waals surface area contributed by atoms with Crippen LogP contribution < -0.4 is 5.73 Å². The molecule has 6 nitrogen and oxygen atoms in total. The number of hydrogen-bond acceptors (Lipinski definition) is 5. The van der Waals surface area contributed by atoms with Crippen molar-refractivity contribution in [2.45, 2.75) is 42.7 Å². The maximum Gasteiger partial charge on any atom is 0.246 e. The van der Waals surface area contributed by atoms with Crippen molar-refractivity contribution in [2.24, 2.45) is 0 Å². The molecule has 1 fully saturated rings. The molecular weight excluding hydrogens is 266 g/mol. The summed E-state index contributed by atoms with van der Waals surface area (Å²) in [4.78, 5) is 3.81. The second kappa shape index (κ2) is 5.44. The van der Waals surface area contributed by atoms with E-state index in [-0.39, 0.29) is 10.6 Å². The van der Waals surface area contributed by atoms with Gasteiger partial charge in [0.15, 0.2) is 0 Å². The van der Waals surface area contributed by atoms with E-state index in [1.165, 1.54) is 29.8 Å². The summed E-state index contributed by atoms with van der Waals surface area (Å²) in [5.41, 5.74) is 5.87. The lowest BCUT2D eigenvalue weighted by Crippen LogP contribution is -2.46. The number of aliphatic hydroxyl groups is 1. The molecule has 1 aliphatic carbocycles. The molecule has 2 unspecified atom stereocenters. The van der Waals surface area contributed by atoms with Crippen molar-refractivity contribution in [3.63, 3.8) is 0 Å². The maximum absolute atomic E-state index is 12.5. The van der Waals surface area contributed by atoms with Gasteiger partial charge in [-0.3, -0.25) is 4.98 Å². The number of likely N-dealkylation sites (N-methyl/N-ethyl adjacent to an activating group) is 1. The van der Waals surface area contributed by atoms with Crippen molar-refractivity contribution in [1.82, 2.24) is 9.29 Å². The highest BCUT2D eigenvalue weighted by Gasteiger charge is 2.35. The SMILES string of the molecule is CN(C1CCCCC1O)S(=O)(=O)c1cnccc1N. The van der Waals surface area contributed by atoms with Crippen LogP contribution in [-0.2, 0) is 10.0 Å². The molecule has 106 valence electrons. The Bertz CT molecular complexity index is 547. The number of sulfonamides is 1. The summed E-state index contributed by atoms with van der Waals surface area (Å²) in [5, 5.41) is 9.97. The zero-order chi connectivity index (χ0) is 14.0. The number of aliphatic hydroxyl groups excluding tert-OH is 1. The number of aromatic nitrogens is 1. The predicted molar refractivity (Wildman–Crippen MR) is 71.9 cm³/mol. The molecule has 0 amide bonds. The summed E-state index contributed by atoms with van der Waals surface area (Å²) in [6.45, 7) is 0. The van der Waals surface area contributed by atoms with E-state index in [2.05, 4.69) is 4.98 Å². The Labute approximate surface area is 113 Å². The van der Waals surface area contributed by atoms with Crippen LogP contribution in [0.2, 0.25) is 0 Å². The third-order valence-electron chi connectivity index (χ3n) is 3.63. The molecule has 0 aliphatic heterocycles. The smallest absolute Gasteiger partial charge is 0.246 e. The van der Waals surface area contributed by atoms with Gasteiger partial charge in [0.2, 0.25) is 10.0 Å². The lowest BCUT2D eigenvalue weighted by atomic mass is 9.93. The first kappa shape index (κ1) is 14.2. The normalized spacial score (nSPS) is 24.6. The lowest BCUT2D eigenvalue weighted by Gasteiger charge is -2.34. The number of pyridine rings is 1. The standard InChI is InChI=1S/C12H19N3O3S/c1-15(10-4-2-3-5-11(10)16)19(17,18)12-8-14-7-6-9(12)13/h6-8,10-11,16H,2-5H2,1H3,(H2,13,14). The summed E-state index contributed by atoms with van der Waals surface area (Å²) >= 11 is 0. The highest BCUT2D eigenvalue weighted by Crippen LogP contribution is 2.28. The topological polar surface area (TPSA) is 96.5 Å². The minimum Gasteiger partial charge on any atom is -0.398 e. The van der Waals surface area contributed by atoms with Crippen molar-refractivity contribution in [3.8, 4) is 0 Å². The molecule has 0 saturated heterocycles. The average molecular weight is 285 g/mol. The molecule has 1 heterocycles. The molecule has 1 aliphatic rings. The Morgan fingerprint density at radius 3 is 2.74 bits per heavy atom. The van der Waals surface area contributed by atoms with E-state index >= 15 is 0 Å². The zero-order valence-electron chi connectivity index (χ0n) is 10.9. The van der Waals surface area contributed by atoms with Gasteiger partial charge in [0.1, 0.15) is 4.90 Å². The fourth-order valence-corrected chi connectivity index (χ4v) is 3.93. The van der Waals surface area contributed by atoms with Crippen LogP contribution in [-0.4, -0.2) is 42.0 Å². The first-order valence-corrected chi connectivity index (χ1v) is 7.74. The Kier molecular flexibility index (Phi) is 4.07. The maximum atomic E-state index is 12.5. The quantitative estimate of drug-likeness (QED) is 0.847. The Hall–Kier alpha value is -1.18. The summed E-state index contributed by atoms with van der Waals surface area (Å²) in [6.07, 6.45) is 5.22. The molecule has 1 aromatic heterocycles. The van der Waals surface area contributed by atoms with Crippen LogP contribution in [0.5, 0.6) is 0 Å². The first-order chi connectivity index (χ1) is 8.94. The second-order valence-corrected chi connectivity index (χ2v) is 6.82. The molecule has 1 aromatic rings. The highest BCUT2D eigenvalue weighted by atomic mass is 32.2. The molecular formula is C12H19N3O3S. The van der Waals surface area contributed by atoms with E-state index in [1.807, 2.05) is 0 Å². The van der Waals surface area contributed by atoms with Crippen LogP contribution in [0.3, 0.4) is 0 Å². The van der Waals surface area contributed by atoms with Gasteiger partial charge in [0.05, 0.1) is 17.8 Å². The number of anilines is 1. The van der Waals surface area contributed by atoms with Crippen LogP contribution >= 0.6 is 0 Å². The van der Waals surface area contributed by atoms with Crippen LogP contribution in [0.4, 0.5) is 5.69 Å². The molecule has 0 bridgehead atoms. The van der Waals surface area contributed by atoms with Gasteiger partial charge >= 0.3 is 0 Å². The van der Waals surface area contributed by atoms with E-state index in [0.717, 1.165) is 12.8 Å². The fraction of sp³-hybridized carbons (Fsp3) is 0.583. The molecule has 2 atom stereocenters. The van der Waals surface area contributed by atoms with Crippen molar-refractivity contribution in [1.29, 1.82) is 0 Å². The van der Waals surface area contributed by atoms with Gasteiger partial charge in [-0.2, -0.15) is 4.31 Å². The van der Waals surface area contributed by atoms with Gasteiger partial charge in [-0.05, 0) is 18.9 Å². The van der Waals surface area contributed by atoms with Crippen LogP contribution in [0.1, 0.15) is 25.7 Å². The summed E-state index contributed by atoms with van der Waals surface area (Å²) in [6, 6.07) is 1.07. The van der Waals surface area contributed by atoms with E-state index in [0.29, 0.717) is 12.8 Å². The molecule has 0 aromatic carbocycles. The van der Waals surface area contributed by atoms with Gasteiger partial charge in [-0.25, -0.2) is 8.42 Å². The van der Waals surface area contributed by atoms with Crippen LogP contribution in [0, 0.1) is 0 Å². The fourth-order valence-electron chi connectivity index (χ4n) is 2.46. The third-order valence-corrected chi connectivity index (χ3v) is 5.56. The minimum atomic E-state index is -3.72. The van der Waals surface area contributed by atoms with Gasteiger partial charge in [-0.1, -0.05) is 12.8 Å². The van der Waals surface area contributed by atoms with Crippen LogP contribution in [0.15, 0.2) is 23.4 Å². The van der Waals surface area contributed by atoms with Gasteiger partial charge in [-0.15, -0.1) is 0 Å². The Balaban J connectivity index is 2.31. The van der Waals surface area contributed by atoms with Gasteiger partial charge in [0, 0.05) is 19.4 Å². The molecule has 7 heteroatoms. The largest absolute Gasteiger partial charge is 0.398 e. The Morgan fingerprint density at radius 2 is 2.11 bits per heavy atom. The summed E-state index contributed by atoms with van der Waals surface area (Å²) in [7, 11) is -2.23. The first-order valence-electron chi connectivity index (χ1n) is 6.30. The predicted octanol–water partition coefficient (Wildman–Crippen LogP) is 0.588. The zero-order valence-corrected chi connectivity index (χ0v) is 11.7. The van der Waals surface area contributed by atoms with Gasteiger partial charge < -0.3 is 10.8 Å². The van der Waals surface area contributed by atoms with Crippen LogP contribution in [0.25, 0.3) is 0 Å². The Morgan fingerprint density at radius 1 is 1.42 bits per heavy atom. The minimum absolute atomic E-state index is 0.00438. The second-order valence-electron chi connectivity index (χ2n) is 4.85.